The molecule has 0 spiro atoms. The zero-order valence-electron chi connectivity index (χ0n) is 12.0. The Labute approximate surface area is 127 Å². The van der Waals surface area contributed by atoms with Crippen molar-refractivity contribution in [3.05, 3.63) is 35.1 Å². The van der Waals surface area contributed by atoms with Crippen LogP contribution in [0.2, 0.25) is 0 Å². The predicted octanol–water partition coefficient (Wildman–Crippen LogP) is 2.66. The van der Waals surface area contributed by atoms with Gasteiger partial charge in [0, 0.05) is 7.05 Å². The third kappa shape index (κ3) is 2.56. The molecule has 3 aromatic rings. The summed E-state index contributed by atoms with van der Waals surface area (Å²) in [5.74, 6) is 1.68. The third-order valence-electron chi connectivity index (χ3n) is 3.34. The number of benzene rings is 1. The molecule has 0 amide bonds. The van der Waals surface area contributed by atoms with Crippen LogP contribution < -0.4 is 4.74 Å². The highest BCUT2D eigenvalue weighted by Crippen LogP contribution is 2.25. The standard InChI is InChI=1S/C14H17N5OS/c1-3-7-20-11-6-4-5-10-13(11)16-14(21)19(10)8-12-17-15-9-18(12)2/h4-6,9H,3,7-8H2,1-2H3,(H,16,21). The quantitative estimate of drug-likeness (QED) is 0.736. The molecule has 21 heavy (non-hydrogen) atoms. The van der Waals surface area contributed by atoms with Crippen LogP contribution in [0.1, 0.15) is 19.2 Å². The van der Waals surface area contributed by atoms with Gasteiger partial charge < -0.3 is 18.9 Å². The molecular formula is C14H17N5OS. The van der Waals surface area contributed by atoms with Gasteiger partial charge in [0.15, 0.2) is 10.6 Å². The van der Waals surface area contributed by atoms with Gasteiger partial charge in [0.1, 0.15) is 17.6 Å². The molecule has 1 aromatic carbocycles. The molecule has 0 unspecified atom stereocenters. The lowest BCUT2D eigenvalue weighted by molar-refractivity contribution is 0.320. The molecule has 6 nitrogen and oxygen atoms in total. The van der Waals surface area contributed by atoms with Gasteiger partial charge in [-0.1, -0.05) is 13.0 Å². The summed E-state index contributed by atoms with van der Waals surface area (Å²) in [5.41, 5.74) is 1.94. The fraction of sp³-hybridized carbons (Fsp3) is 0.357. The molecule has 0 fully saturated rings. The molecule has 0 aliphatic heterocycles. The van der Waals surface area contributed by atoms with Crippen LogP contribution in [0.15, 0.2) is 24.5 Å². The van der Waals surface area contributed by atoms with E-state index in [1.807, 2.05) is 34.4 Å². The highest BCUT2D eigenvalue weighted by Gasteiger charge is 2.11. The van der Waals surface area contributed by atoms with E-state index < -0.39 is 0 Å². The largest absolute Gasteiger partial charge is 0.491 e. The molecule has 1 N–H and O–H groups in total. The van der Waals surface area contributed by atoms with Crippen LogP contribution in [0, 0.1) is 4.77 Å². The molecule has 0 atom stereocenters. The Kier molecular flexibility index (Phi) is 3.74. The number of aryl methyl sites for hydroxylation is 1. The Morgan fingerprint density at radius 2 is 2.24 bits per heavy atom. The van der Waals surface area contributed by atoms with E-state index in [9.17, 15) is 0 Å². The number of rotatable bonds is 5. The van der Waals surface area contributed by atoms with Gasteiger partial charge in [-0.2, -0.15) is 0 Å². The number of nitrogens with one attached hydrogen (secondary N) is 1. The topological polar surface area (TPSA) is 60.7 Å². The van der Waals surface area contributed by atoms with Gasteiger partial charge >= 0.3 is 0 Å². The number of hydrogen-bond donors (Lipinski definition) is 1. The smallest absolute Gasteiger partial charge is 0.178 e. The minimum absolute atomic E-state index is 0.576. The van der Waals surface area contributed by atoms with E-state index >= 15 is 0 Å². The summed E-state index contributed by atoms with van der Waals surface area (Å²) in [6.07, 6.45) is 2.65. The van der Waals surface area contributed by atoms with Crippen molar-refractivity contribution in [3.63, 3.8) is 0 Å². The Morgan fingerprint density at radius 3 is 2.95 bits per heavy atom. The Morgan fingerprint density at radius 1 is 1.38 bits per heavy atom. The van der Waals surface area contributed by atoms with E-state index in [-0.39, 0.29) is 0 Å². The molecule has 0 radical (unpaired) electrons. The number of hydrogen-bond acceptors (Lipinski definition) is 4. The highest BCUT2D eigenvalue weighted by molar-refractivity contribution is 7.71. The summed E-state index contributed by atoms with van der Waals surface area (Å²) >= 11 is 5.44. The van der Waals surface area contributed by atoms with Gasteiger partial charge in [0.05, 0.1) is 18.7 Å². The summed E-state index contributed by atoms with van der Waals surface area (Å²) in [5, 5.41) is 8.01. The number of nitrogens with zero attached hydrogens (tertiary/aromatic N) is 4. The molecule has 2 heterocycles. The number of fused-ring (bicyclic) bond motifs is 1. The van der Waals surface area contributed by atoms with Crippen LogP contribution in [0.3, 0.4) is 0 Å². The van der Waals surface area contributed by atoms with Crippen molar-refractivity contribution in [2.45, 2.75) is 19.9 Å². The van der Waals surface area contributed by atoms with E-state index in [1.165, 1.54) is 0 Å². The Bertz CT molecular complexity index is 816. The molecule has 0 aliphatic carbocycles. The maximum Gasteiger partial charge on any atom is 0.178 e. The first-order chi connectivity index (χ1) is 10.2. The third-order valence-corrected chi connectivity index (χ3v) is 3.66. The van der Waals surface area contributed by atoms with Crippen molar-refractivity contribution in [3.8, 4) is 5.75 Å². The lowest BCUT2D eigenvalue weighted by Crippen LogP contribution is -2.05. The highest BCUT2D eigenvalue weighted by atomic mass is 32.1. The normalized spacial score (nSPS) is 11.1. The minimum Gasteiger partial charge on any atom is -0.491 e. The molecule has 0 saturated carbocycles. The average Bonchev–Trinajstić information content (AvgIpc) is 3.02. The molecule has 0 saturated heterocycles. The maximum atomic E-state index is 5.77. The average molecular weight is 303 g/mol. The first-order valence-corrected chi connectivity index (χ1v) is 7.28. The number of imidazole rings is 1. The van der Waals surface area contributed by atoms with Crippen molar-refractivity contribution in [1.29, 1.82) is 0 Å². The second-order valence-corrected chi connectivity index (χ2v) is 5.26. The lowest BCUT2D eigenvalue weighted by Gasteiger charge is -2.07. The molecule has 2 aromatic heterocycles. The van der Waals surface area contributed by atoms with E-state index in [4.69, 9.17) is 17.0 Å². The minimum atomic E-state index is 0.576. The van der Waals surface area contributed by atoms with Gasteiger partial charge in [0.25, 0.3) is 0 Å². The zero-order chi connectivity index (χ0) is 14.8. The van der Waals surface area contributed by atoms with Gasteiger partial charge in [-0.25, -0.2) is 0 Å². The van der Waals surface area contributed by atoms with E-state index in [2.05, 4.69) is 22.1 Å². The SMILES string of the molecule is CCCOc1cccc2c1[nH]c(=S)n2Cc1nncn1C. The fourth-order valence-electron chi connectivity index (χ4n) is 2.23. The number of para-hydroxylation sites is 1. The summed E-state index contributed by atoms with van der Waals surface area (Å²) in [7, 11) is 1.92. The fourth-order valence-corrected chi connectivity index (χ4v) is 2.50. The van der Waals surface area contributed by atoms with Crippen LogP contribution in [-0.2, 0) is 13.6 Å². The van der Waals surface area contributed by atoms with Crippen LogP contribution in [0.4, 0.5) is 0 Å². The first-order valence-electron chi connectivity index (χ1n) is 6.88. The number of H-pyrrole nitrogens is 1. The van der Waals surface area contributed by atoms with Gasteiger partial charge in [-0.05, 0) is 30.8 Å². The summed E-state index contributed by atoms with van der Waals surface area (Å²) in [6, 6.07) is 5.95. The van der Waals surface area contributed by atoms with Crippen molar-refractivity contribution >= 4 is 23.3 Å². The molecule has 0 aliphatic rings. The van der Waals surface area contributed by atoms with Crippen LogP contribution in [0.5, 0.6) is 5.75 Å². The molecular weight excluding hydrogens is 286 g/mol. The number of ether oxygens (including phenoxy) is 1. The predicted molar refractivity (Wildman–Crippen MR) is 83.0 cm³/mol. The van der Waals surface area contributed by atoms with E-state index in [0.717, 1.165) is 29.0 Å². The molecule has 0 bridgehead atoms. The molecule has 110 valence electrons. The maximum absolute atomic E-state index is 5.77. The lowest BCUT2D eigenvalue weighted by atomic mass is 10.3. The zero-order valence-corrected chi connectivity index (χ0v) is 12.9. The second-order valence-electron chi connectivity index (χ2n) is 4.87. The van der Waals surface area contributed by atoms with Crippen molar-refractivity contribution < 1.29 is 4.74 Å². The van der Waals surface area contributed by atoms with Crippen LogP contribution in [0.25, 0.3) is 11.0 Å². The second kappa shape index (κ2) is 5.69. The molecule has 7 heteroatoms. The van der Waals surface area contributed by atoms with Crippen molar-refractivity contribution in [2.24, 2.45) is 7.05 Å². The summed E-state index contributed by atoms with van der Waals surface area (Å²) < 4.78 is 10.3. The summed E-state index contributed by atoms with van der Waals surface area (Å²) in [6.45, 7) is 3.35. The first kappa shape index (κ1) is 13.8. The van der Waals surface area contributed by atoms with Gasteiger partial charge in [-0.3, -0.25) is 0 Å². The van der Waals surface area contributed by atoms with Crippen LogP contribution >= 0.6 is 12.2 Å². The van der Waals surface area contributed by atoms with E-state index in [1.54, 1.807) is 6.33 Å². The van der Waals surface area contributed by atoms with Gasteiger partial charge in [-0.15, -0.1) is 10.2 Å². The van der Waals surface area contributed by atoms with Crippen molar-refractivity contribution in [1.82, 2.24) is 24.3 Å². The van der Waals surface area contributed by atoms with Gasteiger partial charge in [0.2, 0.25) is 0 Å². The Hall–Kier alpha value is -2.15. The number of aromatic nitrogens is 5. The Balaban J connectivity index is 2.05. The number of aromatic amines is 1. The van der Waals surface area contributed by atoms with Crippen LogP contribution in [-0.4, -0.2) is 30.9 Å². The summed E-state index contributed by atoms with van der Waals surface area (Å²) in [4.78, 5) is 3.23. The van der Waals surface area contributed by atoms with E-state index in [0.29, 0.717) is 17.9 Å². The van der Waals surface area contributed by atoms with Crippen molar-refractivity contribution in [2.75, 3.05) is 6.61 Å². The molecule has 3 rings (SSSR count). The monoisotopic (exact) mass is 303 g/mol.